The van der Waals surface area contributed by atoms with Crippen LogP contribution in [0.25, 0.3) is 16.9 Å². The van der Waals surface area contributed by atoms with E-state index < -0.39 is 0 Å². The first-order valence-corrected chi connectivity index (χ1v) is 12.1. The van der Waals surface area contributed by atoms with Gasteiger partial charge in [-0.2, -0.15) is 0 Å². The summed E-state index contributed by atoms with van der Waals surface area (Å²) in [4.78, 5) is 21.8. The molecule has 1 aromatic carbocycles. The number of amides is 1. The normalized spacial score (nSPS) is 16.1. The Bertz CT molecular complexity index is 1210. The molecule has 0 saturated heterocycles. The maximum Gasteiger partial charge on any atom is 0.251 e. The summed E-state index contributed by atoms with van der Waals surface area (Å²) in [5.41, 5.74) is 4.18. The largest absolute Gasteiger partial charge is 0.367 e. The number of aromatic nitrogens is 3. The standard InChI is InChI=1S/C27H31N5O/c1-18(2)15-28-25-26-29-16-24(20-8-10-21(11-9-20)27(33)31-22-13-14-22)32(26)17-23(30-25)12-7-19-5-3-4-6-19/h8-11,16-19,22H,3-6,13-15H2,1-2H3,(H,28,30)(H,31,33). The fourth-order valence-electron chi connectivity index (χ4n) is 4.22. The first kappa shape index (κ1) is 21.5. The second kappa shape index (κ2) is 9.27. The summed E-state index contributed by atoms with van der Waals surface area (Å²) in [5, 5.41) is 6.49. The number of fused-ring (bicyclic) bond motifs is 1. The van der Waals surface area contributed by atoms with Gasteiger partial charge in [-0.05, 0) is 49.7 Å². The van der Waals surface area contributed by atoms with Gasteiger partial charge in [0.05, 0.1) is 11.9 Å². The number of anilines is 1. The number of carbonyl (C=O) groups is 1. The summed E-state index contributed by atoms with van der Waals surface area (Å²) in [7, 11) is 0. The van der Waals surface area contributed by atoms with Crippen molar-refractivity contribution in [2.75, 3.05) is 11.9 Å². The van der Waals surface area contributed by atoms with E-state index in [0.717, 1.165) is 47.8 Å². The summed E-state index contributed by atoms with van der Waals surface area (Å²) >= 11 is 0. The van der Waals surface area contributed by atoms with Crippen LogP contribution < -0.4 is 10.6 Å². The maximum atomic E-state index is 12.3. The number of benzene rings is 1. The molecule has 0 aliphatic heterocycles. The average molecular weight is 442 g/mol. The smallest absolute Gasteiger partial charge is 0.251 e. The van der Waals surface area contributed by atoms with Crippen LogP contribution in [0.4, 0.5) is 5.82 Å². The predicted octanol–water partition coefficient (Wildman–Crippen LogP) is 4.90. The number of carbonyl (C=O) groups excluding carboxylic acids is 1. The van der Waals surface area contributed by atoms with Crippen molar-refractivity contribution in [2.24, 2.45) is 11.8 Å². The zero-order valence-electron chi connectivity index (χ0n) is 19.4. The molecule has 0 atom stereocenters. The van der Waals surface area contributed by atoms with E-state index in [1.807, 2.05) is 36.7 Å². The highest BCUT2D eigenvalue weighted by Gasteiger charge is 2.23. The minimum atomic E-state index is -0.00367. The lowest BCUT2D eigenvalue weighted by molar-refractivity contribution is 0.0951. The fraction of sp³-hybridized carbons (Fsp3) is 0.444. The van der Waals surface area contributed by atoms with Gasteiger partial charge in [-0.1, -0.05) is 44.7 Å². The molecule has 2 fully saturated rings. The second-order valence-electron chi connectivity index (χ2n) is 9.66. The third-order valence-corrected chi connectivity index (χ3v) is 6.28. The monoisotopic (exact) mass is 441 g/mol. The number of nitrogens with zero attached hydrogens (tertiary/aromatic N) is 3. The fourth-order valence-corrected chi connectivity index (χ4v) is 4.22. The van der Waals surface area contributed by atoms with Crippen molar-refractivity contribution in [1.82, 2.24) is 19.7 Å². The van der Waals surface area contributed by atoms with Gasteiger partial charge >= 0.3 is 0 Å². The Morgan fingerprint density at radius 3 is 2.61 bits per heavy atom. The second-order valence-corrected chi connectivity index (χ2v) is 9.66. The Kier molecular flexibility index (Phi) is 6.04. The van der Waals surface area contributed by atoms with E-state index >= 15 is 0 Å². The van der Waals surface area contributed by atoms with Crippen LogP contribution in [0.15, 0.2) is 36.7 Å². The highest BCUT2D eigenvalue weighted by atomic mass is 16.1. The molecule has 170 valence electrons. The van der Waals surface area contributed by atoms with Gasteiger partial charge < -0.3 is 10.6 Å². The van der Waals surface area contributed by atoms with Crippen molar-refractivity contribution >= 4 is 17.4 Å². The highest BCUT2D eigenvalue weighted by Crippen LogP contribution is 2.26. The first-order chi connectivity index (χ1) is 16.1. The molecule has 2 aromatic heterocycles. The lowest BCUT2D eigenvalue weighted by Crippen LogP contribution is -2.25. The Morgan fingerprint density at radius 2 is 1.91 bits per heavy atom. The van der Waals surface area contributed by atoms with Gasteiger partial charge in [-0.15, -0.1) is 0 Å². The molecule has 6 nitrogen and oxygen atoms in total. The van der Waals surface area contributed by atoms with Gasteiger partial charge in [0.25, 0.3) is 5.91 Å². The van der Waals surface area contributed by atoms with Crippen molar-refractivity contribution in [3.63, 3.8) is 0 Å². The molecule has 2 N–H and O–H groups in total. The molecule has 2 saturated carbocycles. The zero-order valence-corrected chi connectivity index (χ0v) is 19.4. The molecule has 2 aliphatic carbocycles. The molecular weight excluding hydrogens is 410 g/mol. The molecule has 5 rings (SSSR count). The lowest BCUT2D eigenvalue weighted by atomic mass is 10.1. The molecule has 33 heavy (non-hydrogen) atoms. The Hall–Kier alpha value is -3.33. The summed E-state index contributed by atoms with van der Waals surface area (Å²) in [6, 6.07) is 8.08. The molecule has 2 heterocycles. The van der Waals surface area contributed by atoms with Crippen LogP contribution in [0.1, 0.15) is 68.4 Å². The average Bonchev–Trinajstić information content (AvgIpc) is 3.30. The summed E-state index contributed by atoms with van der Waals surface area (Å²) in [6.07, 6.45) is 10.9. The van der Waals surface area contributed by atoms with Crippen molar-refractivity contribution < 1.29 is 4.79 Å². The van der Waals surface area contributed by atoms with Crippen molar-refractivity contribution in [3.05, 3.63) is 47.9 Å². The summed E-state index contributed by atoms with van der Waals surface area (Å²) in [5.74, 6) is 8.47. The van der Waals surface area contributed by atoms with Gasteiger partial charge in [0.15, 0.2) is 11.5 Å². The van der Waals surface area contributed by atoms with Crippen LogP contribution in [-0.4, -0.2) is 32.9 Å². The molecule has 0 unspecified atom stereocenters. The summed E-state index contributed by atoms with van der Waals surface area (Å²) < 4.78 is 2.06. The van der Waals surface area contributed by atoms with Crippen LogP contribution in [-0.2, 0) is 0 Å². The van der Waals surface area contributed by atoms with Gasteiger partial charge in [0.1, 0.15) is 5.69 Å². The van der Waals surface area contributed by atoms with Crippen LogP contribution in [0, 0.1) is 23.7 Å². The first-order valence-electron chi connectivity index (χ1n) is 12.1. The van der Waals surface area contributed by atoms with E-state index in [4.69, 9.17) is 4.98 Å². The van der Waals surface area contributed by atoms with Crippen LogP contribution in [0.2, 0.25) is 0 Å². The minimum Gasteiger partial charge on any atom is -0.367 e. The molecule has 0 spiro atoms. The van der Waals surface area contributed by atoms with E-state index in [2.05, 4.69) is 45.7 Å². The van der Waals surface area contributed by atoms with E-state index in [1.54, 1.807) is 0 Å². The molecule has 0 bridgehead atoms. The minimum absolute atomic E-state index is 0.00367. The van der Waals surface area contributed by atoms with Crippen LogP contribution in [0.5, 0.6) is 0 Å². The van der Waals surface area contributed by atoms with Crippen LogP contribution in [0.3, 0.4) is 0 Å². The van der Waals surface area contributed by atoms with Crippen molar-refractivity contribution in [2.45, 2.75) is 58.4 Å². The SMILES string of the molecule is CC(C)CNc1nc(C#CC2CCCC2)cn2c(-c3ccc(C(=O)NC4CC4)cc3)cnc12. The quantitative estimate of drug-likeness (QED) is 0.534. The molecule has 1 amide bonds. The van der Waals surface area contributed by atoms with E-state index in [-0.39, 0.29) is 5.91 Å². The van der Waals surface area contributed by atoms with Crippen molar-refractivity contribution in [3.8, 4) is 23.1 Å². The highest BCUT2D eigenvalue weighted by molar-refractivity contribution is 5.95. The van der Waals surface area contributed by atoms with Crippen molar-refractivity contribution in [1.29, 1.82) is 0 Å². The lowest BCUT2D eigenvalue weighted by Gasteiger charge is -2.11. The van der Waals surface area contributed by atoms with Crippen LogP contribution >= 0.6 is 0 Å². The van der Waals surface area contributed by atoms with Gasteiger partial charge in [0.2, 0.25) is 0 Å². The van der Waals surface area contributed by atoms with Gasteiger partial charge in [-0.25, -0.2) is 9.97 Å². The molecule has 2 aliphatic rings. The Labute approximate surface area is 195 Å². The van der Waals surface area contributed by atoms with E-state index in [0.29, 0.717) is 23.4 Å². The molecule has 3 aromatic rings. The zero-order chi connectivity index (χ0) is 22.8. The van der Waals surface area contributed by atoms with E-state index in [1.165, 1.54) is 25.7 Å². The predicted molar refractivity (Wildman–Crippen MR) is 131 cm³/mol. The molecule has 6 heteroatoms. The molecule has 0 radical (unpaired) electrons. The number of nitrogens with one attached hydrogen (secondary N) is 2. The van der Waals surface area contributed by atoms with E-state index in [9.17, 15) is 4.79 Å². The van der Waals surface area contributed by atoms with Gasteiger partial charge in [-0.3, -0.25) is 9.20 Å². The maximum absolute atomic E-state index is 12.3. The Balaban J connectivity index is 1.48. The number of hydrogen-bond donors (Lipinski definition) is 2. The third-order valence-electron chi connectivity index (χ3n) is 6.28. The Morgan fingerprint density at radius 1 is 1.15 bits per heavy atom. The molecular formula is C27H31N5O. The third kappa shape index (κ3) is 5.03. The summed E-state index contributed by atoms with van der Waals surface area (Å²) in [6.45, 7) is 5.16. The topological polar surface area (TPSA) is 71.3 Å². The number of imidazole rings is 1. The number of rotatable bonds is 6. The number of hydrogen-bond acceptors (Lipinski definition) is 4. The van der Waals surface area contributed by atoms with Gasteiger partial charge in [0, 0.05) is 35.8 Å².